The van der Waals surface area contributed by atoms with Crippen molar-refractivity contribution in [3.05, 3.63) is 189 Å². The van der Waals surface area contributed by atoms with Crippen LogP contribution in [0.4, 0.5) is 11.6 Å². The lowest BCUT2D eigenvalue weighted by Crippen LogP contribution is -2.21. The van der Waals surface area contributed by atoms with Crippen LogP contribution in [0, 0.1) is 0 Å². The molecule has 0 aliphatic rings. The summed E-state index contributed by atoms with van der Waals surface area (Å²) >= 11 is 0. The summed E-state index contributed by atoms with van der Waals surface area (Å²) in [6.45, 7) is 3.52. The monoisotopic (exact) mass is 906 g/mol. The molecule has 68 heavy (non-hydrogen) atoms. The van der Waals surface area contributed by atoms with Crippen molar-refractivity contribution in [2.75, 3.05) is 0 Å². The molecule has 336 valence electrons. The molecular formula is C48H34N12O8-2. The first kappa shape index (κ1) is 47.5. The number of benzene rings is 5. The summed E-state index contributed by atoms with van der Waals surface area (Å²) < 4.78 is 0. The van der Waals surface area contributed by atoms with Gasteiger partial charge in [0.15, 0.2) is 11.6 Å². The number of carboxylic acids is 4. The Bertz CT molecular complexity index is 2870. The maximum Gasteiger partial charge on any atom is 0.335 e. The summed E-state index contributed by atoms with van der Waals surface area (Å²) in [7, 11) is 0. The number of carbonyl (C=O) groups is 4. The van der Waals surface area contributed by atoms with Crippen LogP contribution in [0.15, 0.2) is 153 Å². The SMILES string of the molecule is C/C(=C\c1nnc(/C=C(\C)N=Cc2ccc(C(=O)O)cc2)nn1)N=Cc1ccc(C(=O)[O-])cc1.O=C([O-])c1ccc(C=Nc2ccc(-c3nnc(N=Cc4ccc(C(=O)O)cc4)nn3)cc2)cc1. The van der Waals surface area contributed by atoms with E-state index in [2.05, 4.69) is 60.8 Å². The molecule has 20 heteroatoms. The molecule has 0 spiro atoms. The second-order valence-corrected chi connectivity index (χ2v) is 14.0. The maximum absolute atomic E-state index is 10.9. The molecule has 0 atom stereocenters. The van der Waals surface area contributed by atoms with Crippen molar-refractivity contribution in [1.82, 2.24) is 40.8 Å². The van der Waals surface area contributed by atoms with Gasteiger partial charge < -0.3 is 30.0 Å². The summed E-state index contributed by atoms with van der Waals surface area (Å²) in [6.07, 6.45) is 9.50. The third-order valence-corrected chi connectivity index (χ3v) is 8.91. The zero-order chi connectivity index (χ0) is 48.4. The van der Waals surface area contributed by atoms with E-state index in [-0.39, 0.29) is 39.9 Å². The van der Waals surface area contributed by atoms with Gasteiger partial charge in [-0.3, -0.25) is 15.0 Å². The first-order chi connectivity index (χ1) is 32.8. The van der Waals surface area contributed by atoms with Crippen molar-refractivity contribution in [3.63, 3.8) is 0 Å². The zero-order valence-corrected chi connectivity index (χ0v) is 35.7. The lowest BCUT2D eigenvalue weighted by molar-refractivity contribution is -0.256. The van der Waals surface area contributed by atoms with Gasteiger partial charge in [-0.15, -0.1) is 40.8 Å². The first-order valence-corrected chi connectivity index (χ1v) is 19.9. The maximum atomic E-state index is 10.9. The van der Waals surface area contributed by atoms with E-state index >= 15 is 0 Å². The molecule has 0 bridgehead atoms. The molecule has 7 rings (SSSR count). The Balaban J connectivity index is 0.000000224. The van der Waals surface area contributed by atoms with Crippen LogP contribution in [0.25, 0.3) is 23.5 Å². The number of carbonyl (C=O) groups excluding carboxylic acids is 2. The first-order valence-electron chi connectivity index (χ1n) is 19.9. The van der Waals surface area contributed by atoms with Crippen LogP contribution in [0.5, 0.6) is 0 Å². The van der Waals surface area contributed by atoms with Crippen LogP contribution in [0.2, 0.25) is 0 Å². The van der Waals surface area contributed by atoms with Crippen LogP contribution in [-0.4, -0.2) is 99.7 Å². The van der Waals surface area contributed by atoms with E-state index in [0.29, 0.717) is 34.0 Å². The Labute approximate surface area is 386 Å². The van der Waals surface area contributed by atoms with Gasteiger partial charge in [-0.05, 0) is 95.8 Å². The molecule has 0 aliphatic carbocycles. The average molecular weight is 907 g/mol. The molecule has 0 amide bonds. The van der Waals surface area contributed by atoms with Gasteiger partial charge in [-0.1, -0.05) is 72.8 Å². The minimum atomic E-state index is -1.23. The average Bonchev–Trinajstić information content (AvgIpc) is 3.35. The van der Waals surface area contributed by atoms with Crippen molar-refractivity contribution in [2.24, 2.45) is 20.0 Å². The third-order valence-electron chi connectivity index (χ3n) is 8.91. The minimum Gasteiger partial charge on any atom is -0.545 e. The van der Waals surface area contributed by atoms with Crippen molar-refractivity contribution >= 4 is 72.5 Å². The molecule has 2 heterocycles. The Morgan fingerprint density at radius 2 is 0.794 bits per heavy atom. The number of hydrogen-bond donors (Lipinski definition) is 2. The largest absolute Gasteiger partial charge is 0.545 e. The predicted molar refractivity (Wildman–Crippen MR) is 246 cm³/mol. The molecule has 0 fully saturated rings. The van der Waals surface area contributed by atoms with Gasteiger partial charge in [0.25, 0.3) is 5.95 Å². The van der Waals surface area contributed by atoms with Gasteiger partial charge >= 0.3 is 11.9 Å². The molecule has 5 aromatic carbocycles. The zero-order valence-electron chi connectivity index (χ0n) is 35.7. The number of aromatic nitrogens is 8. The molecule has 2 aromatic heterocycles. The van der Waals surface area contributed by atoms with Crippen molar-refractivity contribution in [3.8, 4) is 11.4 Å². The summed E-state index contributed by atoms with van der Waals surface area (Å²) in [4.78, 5) is 60.4. The van der Waals surface area contributed by atoms with Crippen molar-refractivity contribution < 1.29 is 39.6 Å². The van der Waals surface area contributed by atoms with Crippen molar-refractivity contribution in [1.29, 1.82) is 0 Å². The van der Waals surface area contributed by atoms with Gasteiger partial charge in [-0.2, -0.15) is 0 Å². The van der Waals surface area contributed by atoms with Crippen LogP contribution < -0.4 is 10.2 Å². The third kappa shape index (κ3) is 14.5. The predicted octanol–water partition coefficient (Wildman–Crippen LogP) is 4.78. The van der Waals surface area contributed by atoms with Crippen LogP contribution >= 0.6 is 0 Å². The van der Waals surface area contributed by atoms with Crippen LogP contribution in [-0.2, 0) is 0 Å². The van der Waals surface area contributed by atoms with E-state index in [1.807, 2.05) is 0 Å². The molecule has 0 unspecified atom stereocenters. The van der Waals surface area contributed by atoms with E-state index in [0.717, 1.165) is 16.7 Å². The van der Waals surface area contributed by atoms with E-state index in [1.54, 1.807) is 117 Å². The fourth-order valence-electron chi connectivity index (χ4n) is 5.36. The lowest BCUT2D eigenvalue weighted by Gasteiger charge is -2.02. The summed E-state index contributed by atoms with van der Waals surface area (Å²) in [6, 6.07) is 32.0. The fraction of sp³-hybridized carbons (Fsp3) is 0.0417. The summed E-state index contributed by atoms with van der Waals surface area (Å²) in [5, 5.41) is 71.4. The molecule has 7 aromatic rings. The van der Waals surface area contributed by atoms with Gasteiger partial charge in [0, 0.05) is 54.0 Å². The topological polar surface area (TPSA) is 307 Å². The Morgan fingerprint density at radius 1 is 0.441 bits per heavy atom. The molecule has 2 N–H and O–H groups in total. The number of aromatic carboxylic acids is 4. The molecule has 0 radical (unpaired) electrons. The second-order valence-electron chi connectivity index (χ2n) is 14.0. The number of carboxylic acid groups (broad SMARTS) is 4. The fourth-order valence-corrected chi connectivity index (χ4v) is 5.36. The molecule has 0 saturated carbocycles. The van der Waals surface area contributed by atoms with Crippen LogP contribution in [0.3, 0.4) is 0 Å². The lowest BCUT2D eigenvalue weighted by atomic mass is 10.1. The normalized spacial score (nSPS) is 11.8. The highest BCUT2D eigenvalue weighted by molar-refractivity contribution is 5.91. The summed E-state index contributed by atoms with van der Waals surface area (Å²) in [5.41, 5.74) is 6.09. The molecule has 0 saturated heterocycles. The molecular weight excluding hydrogens is 873 g/mol. The summed E-state index contributed by atoms with van der Waals surface area (Å²) in [5.74, 6) is -3.50. The number of nitrogens with zero attached hydrogens (tertiary/aromatic N) is 12. The van der Waals surface area contributed by atoms with Crippen molar-refractivity contribution in [2.45, 2.75) is 13.8 Å². The molecule has 0 aliphatic heterocycles. The van der Waals surface area contributed by atoms with E-state index in [4.69, 9.17) is 10.2 Å². The second kappa shape index (κ2) is 23.1. The smallest absolute Gasteiger partial charge is 0.335 e. The number of rotatable bonds is 15. The Hall–Kier alpha value is -9.98. The van der Waals surface area contributed by atoms with Crippen LogP contribution in [0.1, 0.15) is 89.2 Å². The van der Waals surface area contributed by atoms with Gasteiger partial charge in [0.1, 0.15) is 0 Å². The van der Waals surface area contributed by atoms with E-state index in [9.17, 15) is 29.4 Å². The Morgan fingerprint density at radius 3 is 1.16 bits per heavy atom. The highest BCUT2D eigenvalue weighted by atomic mass is 16.4. The number of hydrogen-bond acceptors (Lipinski definition) is 18. The molecule has 20 nitrogen and oxygen atoms in total. The Kier molecular flexibility index (Phi) is 16.1. The highest BCUT2D eigenvalue weighted by Gasteiger charge is 2.06. The van der Waals surface area contributed by atoms with E-state index in [1.165, 1.54) is 54.7 Å². The van der Waals surface area contributed by atoms with Gasteiger partial charge in [0.05, 0.1) is 28.8 Å². The highest BCUT2D eigenvalue weighted by Crippen LogP contribution is 2.20. The minimum absolute atomic E-state index is 0.0666. The quantitative estimate of drug-likeness (QED) is 0.131. The number of aliphatic imine (C=N–C) groups is 4. The number of allylic oxidation sites excluding steroid dienone is 2. The van der Waals surface area contributed by atoms with E-state index < -0.39 is 23.9 Å². The van der Waals surface area contributed by atoms with Gasteiger partial charge in [0.2, 0.25) is 5.82 Å². The van der Waals surface area contributed by atoms with Gasteiger partial charge in [-0.25, -0.2) is 14.6 Å². The standard InChI is InChI=1S/C24H16N6O4.C24H20N6O4/c31-22(32)18-5-1-15(2-6-18)13-25-20-11-9-17(10-12-20)21-27-29-24(30-28-21)26-14-16-3-7-19(8-4-16)23(33)34;1-15(25-13-17-3-7-19(8-4-17)23(31)32)11-21-27-29-22(30-28-21)12-16(2)26-14-18-5-9-20(10-6-18)24(33)34/h1-14H,(H,31,32)(H,33,34);3-14H,1-2H3,(H,31,32)(H,33,34)/p-2/b;15-11+,16-12+,25-13?,26-14?.